The fraction of sp³-hybridized carbons (Fsp3) is 0. The van der Waals surface area contributed by atoms with E-state index >= 15 is 0 Å². The van der Waals surface area contributed by atoms with Gasteiger partial charge in [-0.3, -0.25) is 0 Å². The molecule has 0 aliphatic heterocycles. The first-order chi connectivity index (χ1) is 23.7. The van der Waals surface area contributed by atoms with Gasteiger partial charge in [-0.2, -0.15) is 5.26 Å². The van der Waals surface area contributed by atoms with E-state index in [2.05, 4.69) is 129 Å². The van der Waals surface area contributed by atoms with Gasteiger partial charge in [0.1, 0.15) is 0 Å². The summed E-state index contributed by atoms with van der Waals surface area (Å²) in [5.74, 6) is 0. The van der Waals surface area contributed by atoms with Crippen LogP contribution in [0.5, 0.6) is 0 Å². The van der Waals surface area contributed by atoms with Crippen molar-refractivity contribution in [3.05, 3.63) is 175 Å². The Morgan fingerprint density at radius 2 is 0.958 bits per heavy atom. The van der Waals surface area contributed by atoms with E-state index < -0.39 is 0 Å². The van der Waals surface area contributed by atoms with E-state index in [0.29, 0.717) is 11.3 Å². The first-order valence-corrected chi connectivity index (χ1v) is 15.9. The van der Waals surface area contributed by atoms with Crippen LogP contribution in [0.3, 0.4) is 0 Å². The van der Waals surface area contributed by atoms with E-state index in [9.17, 15) is 5.26 Å². The maximum atomic E-state index is 9.33. The first-order valence-electron chi connectivity index (χ1n) is 15.9. The van der Waals surface area contributed by atoms with Gasteiger partial charge in [0.05, 0.1) is 40.3 Å². The maximum Gasteiger partial charge on any atom is 0.187 e. The highest BCUT2D eigenvalue weighted by atomic mass is 15.0. The zero-order chi connectivity index (χ0) is 32.2. The molecule has 4 heteroatoms. The van der Waals surface area contributed by atoms with Crippen molar-refractivity contribution in [2.24, 2.45) is 0 Å². The molecule has 0 N–H and O–H groups in total. The summed E-state index contributed by atoms with van der Waals surface area (Å²) in [6, 6.07) is 57.1. The first kappa shape index (κ1) is 27.4. The zero-order valence-electron chi connectivity index (χ0n) is 25.8. The molecule has 2 heterocycles. The van der Waals surface area contributed by atoms with Crippen LogP contribution in [-0.2, 0) is 0 Å². The lowest BCUT2D eigenvalue weighted by Gasteiger charge is -2.11. The SMILES string of the molecule is [C-]#[N+]c1ccc(-c2cccc(-n3c4ccccc4c4cc(-c5ccc6c(c5)c5ccccc5n6-c5ccc(C#N)cc5)ccc43)c2)cc1. The fourth-order valence-electron chi connectivity index (χ4n) is 7.10. The van der Waals surface area contributed by atoms with Gasteiger partial charge in [-0.1, -0.05) is 84.9 Å². The molecule has 0 aliphatic carbocycles. The predicted octanol–water partition coefficient (Wildman–Crippen LogP) is 11.6. The molecule has 0 spiro atoms. The molecule has 0 amide bonds. The van der Waals surface area contributed by atoms with Crippen molar-refractivity contribution < 1.29 is 0 Å². The minimum atomic E-state index is 0.643. The Bertz CT molecular complexity index is 2780. The molecule has 0 atom stereocenters. The number of aromatic nitrogens is 2. The van der Waals surface area contributed by atoms with E-state index in [1.807, 2.05) is 48.5 Å². The Hall–Kier alpha value is -6.88. The Morgan fingerprint density at radius 3 is 1.54 bits per heavy atom. The summed E-state index contributed by atoms with van der Waals surface area (Å²) in [4.78, 5) is 3.54. The predicted molar refractivity (Wildman–Crippen MR) is 197 cm³/mol. The van der Waals surface area contributed by atoms with E-state index in [1.165, 1.54) is 21.5 Å². The maximum absolute atomic E-state index is 9.33. The van der Waals surface area contributed by atoms with Crippen LogP contribution in [0, 0.1) is 17.9 Å². The molecule has 7 aromatic carbocycles. The van der Waals surface area contributed by atoms with Gasteiger partial charge in [-0.15, -0.1) is 0 Å². The summed E-state index contributed by atoms with van der Waals surface area (Å²) < 4.78 is 4.62. The number of hydrogen-bond acceptors (Lipinski definition) is 1. The van der Waals surface area contributed by atoms with Crippen LogP contribution in [0.1, 0.15) is 5.56 Å². The van der Waals surface area contributed by atoms with E-state index in [0.717, 1.165) is 55.7 Å². The Kier molecular flexibility index (Phi) is 6.22. The second-order valence-corrected chi connectivity index (χ2v) is 12.0. The second-order valence-electron chi connectivity index (χ2n) is 12.0. The number of nitrogens with zero attached hydrogens (tertiary/aromatic N) is 4. The smallest absolute Gasteiger partial charge is 0.187 e. The number of hydrogen-bond donors (Lipinski definition) is 0. The Labute approximate surface area is 277 Å². The average Bonchev–Trinajstić information content (AvgIpc) is 3.67. The number of para-hydroxylation sites is 2. The quantitative estimate of drug-likeness (QED) is 0.183. The Morgan fingerprint density at radius 1 is 0.438 bits per heavy atom. The van der Waals surface area contributed by atoms with Gasteiger partial charge in [-0.25, -0.2) is 4.85 Å². The highest BCUT2D eigenvalue weighted by molar-refractivity contribution is 6.12. The topological polar surface area (TPSA) is 38.0 Å². The van der Waals surface area contributed by atoms with E-state index in [1.54, 1.807) is 0 Å². The van der Waals surface area contributed by atoms with Gasteiger partial charge in [0.2, 0.25) is 0 Å². The van der Waals surface area contributed by atoms with Gasteiger partial charge < -0.3 is 9.13 Å². The zero-order valence-corrected chi connectivity index (χ0v) is 25.8. The molecule has 9 rings (SSSR count). The summed E-state index contributed by atoms with van der Waals surface area (Å²) in [6.07, 6.45) is 0. The number of nitriles is 1. The van der Waals surface area contributed by atoms with Crippen LogP contribution in [0.2, 0.25) is 0 Å². The summed E-state index contributed by atoms with van der Waals surface area (Å²) in [7, 11) is 0. The van der Waals surface area contributed by atoms with E-state index in [-0.39, 0.29) is 0 Å². The molecule has 48 heavy (non-hydrogen) atoms. The average molecular weight is 611 g/mol. The molecule has 0 saturated carbocycles. The molecule has 0 fully saturated rings. The van der Waals surface area contributed by atoms with Gasteiger partial charge in [0.25, 0.3) is 0 Å². The summed E-state index contributed by atoms with van der Waals surface area (Å²) in [5.41, 5.74) is 12.5. The molecule has 0 radical (unpaired) electrons. The van der Waals surface area contributed by atoms with Gasteiger partial charge in [0.15, 0.2) is 5.69 Å². The van der Waals surface area contributed by atoms with Crippen molar-refractivity contribution >= 4 is 49.3 Å². The minimum absolute atomic E-state index is 0.643. The number of benzene rings is 7. The van der Waals surface area contributed by atoms with Crippen molar-refractivity contribution in [3.63, 3.8) is 0 Å². The van der Waals surface area contributed by atoms with Crippen LogP contribution in [0.25, 0.3) is 82.1 Å². The molecule has 222 valence electrons. The lowest BCUT2D eigenvalue weighted by atomic mass is 10.0. The van der Waals surface area contributed by atoms with Crippen molar-refractivity contribution in [1.29, 1.82) is 5.26 Å². The third-order valence-electron chi connectivity index (χ3n) is 9.37. The molecule has 4 nitrogen and oxygen atoms in total. The third-order valence-corrected chi connectivity index (χ3v) is 9.37. The molecule has 9 aromatic rings. The highest BCUT2D eigenvalue weighted by Crippen LogP contribution is 2.38. The second kappa shape index (κ2) is 10.9. The molecule has 0 aliphatic rings. The molecular weight excluding hydrogens is 585 g/mol. The molecule has 0 unspecified atom stereocenters. The molecule has 0 saturated heterocycles. The monoisotopic (exact) mass is 610 g/mol. The largest absolute Gasteiger partial charge is 0.309 e. The summed E-state index contributed by atoms with van der Waals surface area (Å²) in [5, 5.41) is 14.1. The normalized spacial score (nSPS) is 11.3. The van der Waals surface area contributed by atoms with Gasteiger partial charge in [0, 0.05) is 32.9 Å². The van der Waals surface area contributed by atoms with Crippen molar-refractivity contribution in [3.8, 4) is 39.7 Å². The van der Waals surface area contributed by atoms with Gasteiger partial charge in [-0.05, 0) is 95.1 Å². The van der Waals surface area contributed by atoms with Crippen LogP contribution >= 0.6 is 0 Å². The highest BCUT2D eigenvalue weighted by Gasteiger charge is 2.16. The van der Waals surface area contributed by atoms with Crippen molar-refractivity contribution in [1.82, 2.24) is 9.13 Å². The number of rotatable bonds is 4. The van der Waals surface area contributed by atoms with Crippen molar-refractivity contribution in [2.45, 2.75) is 0 Å². The van der Waals surface area contributed by atoms with Crippen LogP contribution in [-0.4, -0.2) is 9.13 Å². The van der Waals surface area contributed by atoms with Crippen LogP contribution in [0.15, 0.2) is 158 Å². The molecular formula is C44H26N4. The van der Waals surface area contributed by atoms with Crippen LogP contribution < -0.4 is 0 Å². The van der Waals surface area contributed by atoms with E-state index in [4.69, 9.17) is 6.57 Å². The third kappa shape index (κ3) is 4.29. The lowest BCUT2D eigenvalue weighted by Crippen LogP contribution is -1.94. The summed E-state index contributed by atoms with van der Waals surface area (Å²) >= 11 is 0. The molecule has 0 bridgehead atoms. The minimum Gasteiger partial charge on any atom is -0.309 e. The van der Waals surface area contributed by atoms with Gasteiger partial charge >= 0.3 is 0 Å². The Balaban J connectivity index is 1.19. The van der Waals surface area contributed by atoms with Crippen LogP contribution in [0.4, 0.5) is 5.69 Å². The van der Waals surface area contributed by atoms with Crippen molar-refractivity contribution in [2.75, 3.05) is 0 Å². The summed E-state index contributed by atoms with van der Waals surface area (Å²) in [6.45, 7) is 7.30. The fourth-order valence-corrected chi connectivity index (χ4v) is 7.10. The standard InChI is InChI=1S/C44H26N4/c1-46-34-19-15-30(16-20-34)31-7-6-8-36(25-31)48-42-12-5-3-10-38(42)40-27-33(18-24-44(40)48)32-17-23-43-39(26-32)37-9-2-4-11-41(37)47(43)35-21-13-29(28-45)14-22-35/h2-27H. The number of fused-ring (bicyclic) bond motifs is 6. The molecule has 2 aromatic heterocycles. The lowest BCUT2D eigenvalue weighted by molar-refractivity contribution is 1.18.